The number of hydrogen-bond acceptors (Lipinski definition) is 3. The van der Waals surface area contributed by atoms with Crippen LogP contribution >= 0.6 is 0 Å². The van der Waals surface area contributed by atoms with Crippen LogP contribution in [0.25, 0.3) is 16.5 Å². The molecule has 0 fully saturated rings. The topological polar surface area (TPSA) is 42.7 Å². The van der Waals surface area contributed by atoms with Crippen LogP contribution in [0, 0.1) is 11.2 Å². The standard InChI is InChI=1S/C25H25FN4/c1-25(2)12-23(28-15-18-6-3-5-17-14-27-10-9-21(17)18)22-16-29-30(24(22)13-25)20-8-4-7-19(26)11-20/h3-11,14,16,23,28H,12-13,15H2,1-2H3/t23-/m1/s1. The second-order valence-corrected chi connectivity index (χ2v) is 8.93. The van der Waals surface area contributed by atoms with Crippen molar-refractivity contribution < 1.29 is 4.39 Å². The van der Waals surface area contributed by atoms with Gasteiger partial charge in [-0.1, -0.05) is 38.1 Å². The van der Waals surface area contributed by atoms with Gasteiger partial charge in [-0.3, -0.25) is 4.98 Å². The number of pyridine rings is 1. The van der Waals surface area contributed by atoms with Crippen molar-refractivity contribution in [2.75, 3.05) is 0 Å². The highest BCUT2D eigenvalue weighted by atomic mass is 19.1. The van der Waals surface area contributed by atoms with Gasteiger partial charge in [0.1, 0.15) is 5.82 Å². The van der Waals surface area contributed by atoms with Gasteiger partial charge >= 0.3 is 0 Å². The molecule has 1 aliphatic carbocycles. The Balaban J connectivity index is 1.47. The van der Waals surface area contributed by atoms with Gasteiger partial charge in [0.05, 0.1) is 11.9 Å². The third-order valence-corrected chi connectivity index (χ3v) is 6.04. The number of halogens is 1. The van der Waals surface area contributed by atoms with Crippen LogP contribution in [-0.2, 0) is 13.0 Å². The fraction of sp³-hybridized carbons (Fsp3) is 0.280. The van der Waals surface area contributed by atoms with Gasteiger partial charge in [-0.15, -0.1) is 0 Å². The Labute approximate surface area is 175 Å². The summed E-state index contributed by atoms with van der Waals surface area (Å²) in [5.74, 6) is -0.244. The largest absolute Gasteiger partial charge is 0.306 e. The maximum absolute atomic E-state index is 13.8. The Morgan fingerprint density at radius 1 is 1.13 bits per heavy atom. The Morgan fingerprint density at radius 2 is 2.00 bits per heavy atom. The van der Waals surface area contributed by atoms with Crippen LogP contribution < -0.4 is 5.32 Å². The lowest BCUT2D eigenvalue weighted by Gasteiger charge is -2.36. The van der Waals surface area contributed by atoms with Crippen LogP contribution in [0.3, 0.4) is 0 Å². The summed E-state index contributed by atoms with van der Waals surface area (Å²) in [4.78, 5) is 4.23. The molecule has 0 aliphatic heterocycles. The van der Waals surface area contributed by atoms with E-state index in [0.29, 0.717) is 0 Å². The van der Waals surface area contributed by atoms with Gasteiger partial charge in [-0.2, -0.15) is 5.10 Å². The summed E-state index contributed by atoms with van der Waals surface area (Å²) >= 11 is 0. The summed E-state index contributed by atoms with van der Waals surface area (Å²) < 4.78 is 15.7. The molecule has 2 aromatic heterocycles. The fourth-order valence-electron chi connectivity index (χ4n) is 4.63. The van der Waals surface area contributed by atoms with Crippen LogP contribution in [0.4, 0.5) is 4.39 Å². The van der Waals surface area contributed by atoms with Crippen molar-refractivity contribution in [3.8, 4) is 5.69 Å². The molecule has 0 radical (unpaired) electrons. The summed E-state index contributed by atoms with van der Waals surface area (Å²) in [7, 11) is 0. The predicted molar refractivity (Wildman–Crippen MR) is 117 cm³/mol. The van der Waals surface area contributed by atoms with Crippen LogP contribution in [0.2, 0.25) is 0 Å². The first-order chi connectivity index (χ1) is 14.5. The molecular formula is C25H25FN4. The number of hydrogen-bond donors (Lipinski definition) is 1. The molecule has 2 heterocycles. The quantitative estimate of drug-likeness (QED) is 0.501. The second kappa shape index (κ2) is 7.33. The van der Waals surface area contributed by atoms with Gasteiger partial charge < -0.3 is 5.32 Å². The van der Waals surface area contributed by atoms with Crippen molar-refractivity contribution in [3.05, 3.63) is 89.8 Å². The van der Waals surface area contributed by atoms with Gasteiger partial charge in [-0.25, -0.2) is 9.07 Å². The lowest BCUT2D eigenvalue weighted by Crippen LogP contribution is -2.33. The zero-order valence-corrected chi connectivity index (χ0v) is 17.3. The first-order valence-electron chi connectivity index (χ1n) is 10.4. The van der Waals surface area contributed by atoms with Crippen LogP contribution in [0.1, 0.15) is 43.1 Å². The van der Waals surface area contributed by atoms with E-state index in [9.17, 15) is 4.39 Å². The monoisotopic (exact) mass is 400 g/mol. The van der Waals surface area contributed by atoms with Crippen molar-refractivity contribution in [1.82, 2.24) is 20.1 Å². The van der Waals surface area contributed by atoms with E-state index < -0.39 is 0 Å². The zero-order chi connectivity index (χ0) is 20.7. The number of benzene rings is 2. The molecule has 5 heteroatoms. The van der Waals surface area contributed by atoms with Crippen molar-refractivity contribution in [1.29, 1.82) is 0 Å². The summed E-state index contributed by atoms with van der Waals surface area (Å²) in [5, 5.41) is 10.8. The van der Waals surface area contributed by atoms with E-state index in [2.05, 4.69) is 53.5 Å². The van der Waals surface area contributed by atoms with Crippen LogP contribution in [-0.4, -0.2) is 14.8 Å². The molecule has 0 amide bonds. The van der Waals surface area contributed by atoms with Gasteiger partial charge in [-0.05, 0) is 53.5 Å². The average Bonchev–Trinajstić information content (AvgIpc) is 3.14. The van der Waals surface area contributed by atoms with Crippen molar-refractivity contribution in [2.45, 2.75) is 39.3 Å². The molecule has 1 N–H and O–H groups in total. The number of aromatic nitrogens is 3. The van der Waals surface area contributed by atoms with E-state index in [4.69, 9.17) is 0 Å². The zero-order valence-electron chi connectivity index (χ0n) is 17.3. The summed E-state index contributed by atoms with van der Waals surface area (Å²) in [6, 6.07) is 15.3. The molecule has 0 saturated heterocycles. The SMILES string of the molecule is CC1(C)Cc2c(cnn2-c2cccc(F)c2)[C@H](NCc2cccc3cnccc23)C1. The first-order valence-corrected chi connectivity index (χ1v) is 10.4. The molecule has 0 saturated carbocycles. The minimum absolute atomic E-state index is 0.123. The number of rotatable bonds is 4. The van der Waals surface area contributed by atoms with Gasteiger partial charge in [0.15, 0.2) is 0 Å². The molecular weight excluding hydrogens is 375 g/mol. The minimum Gasteiger partial charge on any atom is -0.306 e. The second-order valence-electron chi connectivity index (χ2n) is 8.93. The maximum Gasteiger partial charge on any atom is 0.125 e. The highest BCUT2D eigenvalue weighted by molar-refractivity contribution is 5.84. The Kier molecular flexibility index (Phi) is 4.63. The van der Waals surface area contributed by atoms with Gasteiger partial charge in [0, 0.05) is 41.6 Å². The molecule has 4 nitrogen and oxygen atoms in total. The van der Waals surface area contributed by atoms with Crippen molar-refractivity contribution in [3.63, 3.8) is 0 Å². The van der Waals surface area contributed by atoms with E-state index in [1.165, 1.54) is 22.6 Å². The number of nitrogens with zero attached hydrogens (tertiary/aromatic N) is 3. The third kappa shape index (κ3) is 3.50. The molecule has 0 spiro atoms. The van der Waals surface area contributed by atoms with Gasteiger partial charge in [0.25, 0.3) is 0 Å². The Bertz CT molecular complexity index is 1210. The van der Waals surface area contributed by atoms with Crippen molar-refractivity contribution in [2.24, 2.45) is 5.41 Å². The summed E-state index contributed by atoms with van der Waals surface area (Å²) in [6.07, 6.45) is 7.64. The van der Waals surface area contributed by atoms with E-state index in [-0.39, 0.29) is 17.3 Å². The molecule has 0 bridgehead atoms. The van der Waals surface area contributed by atoms with Crippen molar-refractivity contribution >= 4 is 10.8 Å². The van der Waals surface area contributed by atoms with E-state index in [1.54, 1.807) is 12.1 Å². The van der Waals surface area contributed by atoms with Crippen LogP contribution in [0.15, 0.2) is 67.1 Å². The van der Waals surface area contributed by atoms with Gasteiger partial charge in [0.2, 0.25) is 0 Å². The summed E-state index contributed by atoms with van der Waals surface area (Å²) in [5.41, 5.74) is 4.53. The normalized spacial score (nSPS) is 17.8. The maximum atomic E-state index is 13.8. The van der Waals surface area contributed by atoms with Crippen LogP contribution in [0.5, 0.6) is 0 Å². The molecule has 1 atom stereocenters. The smallest absolute Gasteiger partial charge is 0.125 e. The molecule has 152 valence electrons. The van der Waals surface area contributed by atoms with E-state index in [0.717, 1.165) is 36.2 Å². The predicted octanol–water partition coefficient (Wildman–Crippen LogP) is 5.36. The highest BCUT2D eigenvalue weighted by Crippen LogP contribution is 2.41. The number of nitrogens with one attached hydrogen (secondary N) is 1. The minimum atomic E-state index is -0.244. The van der Waals surface area contributed by atoms with E-state index in [1.807, 2.05) is 29.3 Å². The fourth-order valence-corrected chi connectivity index (χ4v) is 4.63. The lowest BCUT2D eigenvalue weighted by molar-refractivity contribution is 0.253. The molecule has 5 rings (SSSR count). The first kappa shape index (κ1) is 18.9. The number of fused-ring (bicyclic) bond motifs is 2. The highest BCUT2D eigenvalue weighted by Gasteiger charge is 2.35. The Hall–Kier alpha value is -3.05. The van der Waals surface area contributed by atoms with E-state index >= 15 is 0 Å². The molecule has 0 unspecified atom stereocenters. The Morgan fingerprint density at radius 3 is 2.87 bits per heavy atom. The third-order valence-electron chi connectivity index (χ3n) is 6.04. The molecule has 4 aromatic rings. The molecule has 1 aliphatic rings. The summed E-state index contributed by atoms with van der Waals surface area (Å²) in [6.45, 7) is 5.35. The average molecular weight is 401 g/mol. The molecule has 2 aromatic carbocycles. The molecule has 30 heavy (non-hydrogen) atoms. The lowest BCUT2D eigenvalue weighted by atomic mass is 9.74.